The van der Waals surface area contributed by atoms with Crippen molar-refractivity contribution in [3.05, 3.63) is 29.8 Å². The second-order valence-corrected chi connectivity index (χ2v) is 3.37. The molecule has 2 N–H and O–H groups in total. The summed E-state index contributed by atoms with van der Waals surface area (Å²) < 4.78 is 5.01. The second kappa shape index (κ2) is 6.52. The number of benzene rings is 1. The van der Waals surface area contributed by atoms with Crippen LogP contribution < -0.4 is 15.4 Å². The van der Waals surface area contributed by atoms with Gasteiger partial charge in [0, 0.05) is 12.1 Å². The van der Waals surface area contributed by atoms with Crippen LogP contribution in [-0.4, -0.2) is 32.0 Å². The van der Waals surface area contributed by atoms with E-state index in [0.29, 0.717) is 17.9 Å². The minimum Gasteiger partial charge on any atom is -0.497 e. The van der Waals surface area contributed by atoms with Crippen molar-refractivity contribution in [2.75, 3.05) is 20.2 Å². The fourth-order valence-corrected chi connectivity index (χ4v) is 1.29. The van der Waals surface area contributed by atoms with Crippen molar-refractivity contribution in [1.29, 1.82) is 0 Å². The highest BCUT2D eigenvalue weighted by Gasteiger charge is 2.07. The number of hydrogen-bond donors (Lipinski definition) is 2. The SMILES string of the molecule is CCNC(=O)CNC(=O)c1cccc(OC)c1. The minimum absolute atomic E-state index is 0.0239. The summed E-state index contributed by atoms with van der Waals surface area (Å²) in [7, 11) is 1.53. The Bertz CT molecular complexity index is 404. The fraction of sp³-hybridized carbons (Fsp3) is 0.333. The van der Waals surface area contributed by atoms with Crippen LogP contribution in [0.25, 0.3) is 0 Å². The molecule has 0 aliphatic rings. The number of methoxy groups -OCH3 is 1. The summed E-state index contributed by atoms with van der Waals surface area (Å²) in [6.45, 7) is 2.35. The first-order chi connectivity index (χ1) is 8.17. The van der Waals surface area contributed by atoms with Gasteiger partial charge in [0.25, 0.3) is 5.91 Å². The lowest BCUT2D eigenvalue weighted by Crippen LogP contribution is -2.36. The molecule has 0 aromatic heterocycles. The Kier molecular flexibility index (Phi) is 5.00. The predicted octanol–water partition coefficient (Wildman–Crippen LogP) is 0.561. The van der Waals surface area contributed by atoms with Crippen molar-refractivity contribution < 1.29 is 14.3 Å². The maximum absolute atomic E-state index is 11.7. The molecule has 0 radical (unpaired) electrons. The third kappa shape index (κ3) is 4.14. The number of likely N-dealkylation sites (N-methyl/N-ethyl adjacent to an activating group) is 1. The van der Waals surface area contributed by atoms with E-state index in [2.05, 4.69) is 10.6 Å². The molecule has 0 saturated carbocycles. The van der Waals surface area contributed by atoms with E-state index in [0.717, 1.165) is 0 Å². The smallest absolute Gasteiger partial charge is 0.251 e. The number of rotatable bonds is 5. The quantitative estimate of drug-likeness (QED) is 0.785. The van der Waals surface area contributed by atoms with Crippen LogP contribution >= 0.6 is 0 Å². The Labute approximate surface area is 100 Å². The molecule has 17 heavy (non-hydrogen) atoms. The van der Waals surface area contributed by atoms with Crippen LogP contribution in [0.4, 0.5) is 0 Å². The van der Waals surface area contributed by atoms with Gasteiger partial charge >= 0.3 is 0 Å². The van der Waals surface area contributed by atoms with E-state index in [-0.39, 0.29) is 18.4 Å². The third-order valence-corrected chi connectivity index (χ3v) is 2.12. The predicted molar refractivity (Wildman–Crippen MR) is 64.0 cm³/mol. The molecule has 0 aliphatic carbocycles. The third-order valence-electron chi connectivity index (χ3n) is 2.12. The topological polar surface area (TPSA) is 67.4 Å². The number of nitrogens with one attached hydrogen (secondary N) is 2. The molecule has 0 unspecified atom stereocenters. The maximum atomic E-state index is 11.7. The van der Waals surface area contributed by atoms with Crippen molar-refractivity contribution >= 4 is 11.8 Å². The van der Waals surface area contributed by atoms with Gasteiger partial charge < -0.3 is 15.4 Å². The van der Waals surface area contributed by atoms with Gasteiger partial charge in [-0.1, -0.05) is 6.07 Å². The van der Waals surface area contributed by atoms with E-state index in [9.17, 15) is 9.59 Å². The Morgan fingerprint density at radius 2 is 2.06 bits per heavy atom. The molecule has 0 fully saturated rings. The van der Waals surface area contributed by atoms with Gasteiger partial charge in [0.2, 0.25) is 5.91 Å². The summed E-state index contributed by atoms with van der Waals surface area (Å²) in [6, 6.07) is 6.75. The highest BCUT2D eigenvalue weighted by atomic mass is 16.5. The molecule has 2 amide bonds. The van der Waals surface area contributed by atoms with Gasteiger partial charge in [0.1, 0.15) is 5.75 Å². The molecule has 5 heteroatoms. The zero-order valence-electron chi connectivity index (χ0n) is 9.95. The summed E-state index contributed by atoms with van der Waals surface area (Å²) in [4.78, 5) is 22.8. The summed E-state index contributed by atoms with van der Waals surface area (Å²) in [5, 5.41) is 5.12. The first kappa shape index (κ1) is 13.0. The first-order valence-corrected chi connectivity index (χ1v) is 5.36. The highest BCUT2D eigenvalue weighted by molar-refractivity contribution is 5.96. The number of hydrogen-bond acceptors (Lipinski definition) is 3. The van der Waals surface area contributed by atoms with Crippen LogP contribution in [0.1, 0.15) is 17.3 Å². The molecule has 0 aliphatic heterocycles. The Balaban J connectivity index is 2.54. The van der Waals surface area contributed by atoms with Crippen LogP contribution in [0.5, 0.6) is 5.75 Å². The maximum Gasteiger partial charge on any atom is 0.251 e. The second-order valence-electron chi connectivity index (χ2n) is 3.37. The van der Waals surface area contributed by atoms with Gasteiger partial charge in [0.05, 0.1) is 13.7 Å². The Morgan fingerprint density at radius 3 is 2.71 bits per heavy atom. The van der Waals surface area contributed by atoms with Crippen molar-refractivity contribution in [2.24, 2.45) is 0 Å². The lowest BCUT2D eigenvalue weighted by molar-refractivity contribution is -0.120. The summed E-state index contributed by atoms with van der Waals surface area (Å²) in [6.07, 6.45) is 0. The molecule has 0 spiro atoms. The van der Waals surface area contributed by atoms with Crippen LogP contribution in [0.3, 0.4) is 0 Å². The average Bonchev–Trinajstić information content (AvgIpc) is 2.36. The van der Waals surface area contributed by atoms with Gasteiger partial charge in [-0.15, -0.1) is 0 Å². The van der Waals surface area contributed by atoms with Crippen molar-refractivity contribution in [3.8, 4) is 5.75 Å². The Morgan fingerprint density at radius 1 is 1.29 bits per heavy atom. The van der Waals surface area contributed by atoms with Gasteiger partial charge in [-0.05, 0) is 25.1 Å². The molecule has 1 aromatic rings. The Hall–Kier alpha value is -2.04. The molecule has 1 rings (SSSR count). The standard InChI is InChI=1S/C12H16N2O3/c1-3-13-11(15)8-14-12(16)9-5-4-6-10(7-9)17-2/h4-7H,3,8H2,1-2H3,(H,13,15)(H,14,16). The zero-order valence-corrected chi connectivity index (χ0v) is 9.95. The molecular formula is C12H16N2O3. The molecule has 0 atom stereocenters. The van der Waals surface area contributed by atoms with Crippen LogP contribution in [-0.2, 0) is 4.79 Å². The highest BCUT2D eigenvalue weighted by Crippen LogP contribution is 2.11. The van der Waals surface area contributed by atoms with Crippen molar-refractivity contribution in [2.45, 2.75) is 6.92 Å². The number of carbonyl (C=O) groups is 2. The molecular weight excluding hydrogens is 220 g/mol. The molecule has 0 bridgehead atoms. The molecule has 1 aromatic carbocycles. The number of carbonyl (C=O) groups excluding carboxylic acids is 2. The van der Waals surface area contributed by atoms with Gasteiger partial charge in [-0.2, -0.15) is 0 Å². The van der Waals surface area contributed by atoms with E-state index in [4.69, 9.17) is 4.74 Å². The summed E-state index contributed by atoms with van der Waals surface area (Å²) in [5.41, 5.74) is 0.466. The van der Waals surface area contributed by atoms with E-state index in [1.165, 1.54) is 7.11 Å². The van der Waals surface area contributed by atoms with Crippen LogP contribution in [0.2, 0.25) is 0 Å². The average molecular weight is 236 g/mol. The largest absolute Gasteiger partial charge is 0.497 e. The molecule has 92 valence electrons. The van der Waals surface area contributed by atoms with Crippen LogP contribution in [0, 0.1) is 0 Å². The van der Waals surface area contributed by atoms with Crippen LogP contribution in [0.15, 0.2) is 24.3 Å². The zero-order chi connectivity index (χ0) is 12.7. The van der Waals surface area contributed by atoms with Gasteiger partial charge in [-0.3, -0.25) is 9.59 Å². The first-order valence-electron chi connectivity index (χ1n) is 5.36. The summed E-state index contributed by atoms with van der Waals surface area (Å²) >= 11 is 0. The number of ether oxygens (including phenoxy) is 1. The summed E-state index contributed by atoms with van der Waals surface area (Å²) in [5.74, 6) is 0.106. The lowest BCUT2D eigenvalue weighted by Gasteiger charge is -2.06. The van der Waals surface area contributed by atoms with Gasteiger partial charge in [-0.25, -0.2) is 0 Å². The number of amides is 2. The van der Waals surface area contributed by atoms with Crippen molar-refractivity contribution in [3.63, 3.8) is 0 Å². The lowest BCUT2D eigenvalue weighted by atomic mass is 10.2. The van der Waals surface area contributed by atoms with Crippen molar-refractivity contribution in [1.82, 2.24) is 10.6 Å². The minimum atomic E-state index is -0.296. The molecule has 5 nitrogen and oxygen atoms in total. The molecule has 0 saturated heterocycles. The monoisotopic (exact) mass is 236 g/mol. The van der Waals surface area contributed by atoms with E-state index < -0.39 is 0 Å². The van der Waals surface area contributed by atoms with Gasteiger partial charge in [0.15, 0.2) is 0 Å². The van der Waals surface area contributed by atoms with E-state index in [1.54, 1.807) is 24.3 Å². The normalized spacial score (nSPS) is 9.53. The van der Waals surface area contributed by atoms with E-state index >= 15 is 0 Å². The molecule has 0 heterocycles. The van der Waals surface area contributed by atoms with E-state index in [1.807, 2.05) is 6.92 Å². The fourth-order valence-electron chi connectivity index (χ4n) is 1.29.